The number of hydrogen-bond acceptors (Lipinski definition) is 3. The van der Waals surface area contributed by atoms with Crippen molar-refractivity contribution in [2.75, 3.05) is 32.8 Å². The molecular weight excluding hydrogens is 260 g/mol. The first-order valence-corrected chi connectivity index (χ1v) is 8.52. The van der Waals surface area contributed by atoms with Gasteiger partial charge in [-0.1, -0.05) is 25.5 Å². The number of ether oxygens (including phenoxy) is 1. The third-order valence-electron chi connectivity index (χ3n) is 4.12. The Morgan fingerprint density at radius 1 is 1.10 bits per heavy atom. The predicted octanol–water partition coefficient (Wildman–Crippen LogP) is 3.61. The predicted molar refractivity (Wildman–Crippen MR) is 88.9 cm³/mol. The summed E-state index contributed by atoms with van der Waals surface area (Å²) in [5.41, 5.74) is 1.37. The SMILES string of the molecule is CCCNC(CN1CCCCC1)c1ccc(OCC)cc1. The van der Waals surface area contributed by atoms with E-state index < -0.39 is 0 Å². The van der Waals surface area contributed by atoms with Gasteiger partial charge in [-0.25, -0.2) is 0 Å². The van der Waals surface area contributed by atoms with E-state index in [0.717, 1.165) is 25.4 Å². The summed E-state index contributed by atoms with van der Waals surface area (Å²) in [4.78, 5) is 2.60. The molecule has 21 heavy (non-hydrogen) atoms. The highest BCUT2D eigenvalue weighted by molar-refractivity contribution is 5.29. The van der Waals surface area contributed by atoms with Crippen LogP contribution in [0.2, 0.25) is 0 Å². The first-order chi connectivity index (χ1) is 10.3. The largest absolute Gasteiger partial charge is 0.494 e. The van der Waals surface area contributed by atoms with Crippen molar-refractivity contribution in [1.29, 1.82) is 0 Å². The molecule has 1 unspecified atom stereocenters. The highest BCUT2D eigenvalue weighted by Gasteiger charge is 2.17. The van der Waals surface area contributed by atoms with Crippen LogP contribution >= 0.6 is 0 Å². The molecule has 1 aromatic rings. The maximum absolute atomic E-state index is 5.54. The minimum atomic E-state index is 0.429. The second kappa shape index (κ2) is 9.06. The molecule has 1 saturated heterocycles. The van der Waals surface area contributed by atoms with Crippen molar-refractivity contribution < 1.29 is 4.74 Å². The Morgan fingerprint density at radius 2 is 1.81 bits per heavy atom. The van der Waals surface area contributed by atoms with Gasteiger partial charge in [-0.05, 0) is 63.5 Å². The summed E-state index contributed by atoms with van der Waals surface area (Å²) < 4.78 is 5.54. The molecule has 1 atom stereocenters. The van der Waals surface area contributed by atoms with Crippen LogP contribution in [0.4, 0.5) is 0 Å². The van der Waals surface area contributed by atoms with Crippen LogP contribution in [-0.2, 0) is 0 Å². The molecule has 0 spiro atoms. The second-order valence-corrected chi connectivity index (χ2v) is 5.87. The molecule has 0 aromatic heterocycles. The van der Waals surface area contributed by atoms with Gasteiger partial charge in [-0.15, -0.1) is 0 Å². The Labute approximate surface area is 129 Å². The van der Waals surface area contributed by atoms with Crippen LogP contribution in [0.3, 0.4) is 0 Å². The van der Waals surface area contributed by atoms with E-state index >= 15 is 0 Å². The molecule has 118 valence electrons. The number of rotatable bonds is 8. The molecule has 1 N–H and O–H groups in total. The zero-order valence-corrected chi connectivity index (χ0v) is 13.6. The molecule has 1 heterocycles. The van der Waals surface area contributed by atoms with Gasteiger partial charge in [0.1, 0.15) is 5.75 Å². The maximum atomic E-state index is 5.54. The zero-order chi connectivity index (χ0) is 14.9. The molecule has 1 aliphatic heterocycles. The lowest BCUT2D eigenvalue weighted by atomic mass is 10.0. The number of hydrogen-bond donors (Lipinski definition) is 1. The van der Waals surface area contributed by atoms with Crippen molar-refractivity contribution in [3.8, 4) is 5.75 Å². The van der Waals surface area contributed by atoms with Crippen molar-refractivity contribution in [2.45, 2.75) is 45.6 Å². The fourth-order valence-corrected chi connectivity index (χ4v) is 2.97. The van der Waals surface area contributed by atoms with Crippen molar-refractivity contribution >= 4 is 0 Å². The van der Waals surface area contributed by atoms with E-state index in [2.05, 4.69) is 41.4 Å². The number of nitrogens with zero attached hydrogens (tertiary/aromatic N) is 1. The van der Waals surface area contributed by atoms with Gasteiger partial charge in [0, 0.05) is 12.6 Å². The topological polar surface area (TPSA) is 24.5 Å². The van der Waals surface area contributed by atoms with Gasteiger partial charge in [-0.3, -0.25) is 0 Å². The van der Waals surface area contributed by atoms with Crippen LogP contribution in [0.15, 0.2) is 24.3 Å². The summed E-state index contributed by atoms with van der Waals surface area (Å²) in [6.45, 7) is 9.67. The summed E-state index contributed by atoms with van der Waals surface area (Å²) in [5, 5.41) is 3.70. The Morgan fingerprint density at radius 3 is 2.43 bits per heavy atom. The Hall–Kier alpha value is -1.06. The van der Waals surface area contributed by atoms with Crippen LogP contribution in [0.5, 0.6) is 5.75 Å². The number of benzene rings is 1. The molecule has 3 nitrogen and oxygen atoms in total. The van der Waals surface area contributed by atoms with Crippen LogP contribution in [-0.4, -0.2) is 37.7 Å². The van der Waals surface area contributed by atoms with Crippen molar-refractivity contribution in [1.82, 2.24) is 10.2 Å². The van der Waals surface area contributed by atoms with E-state index in [1.54, 1.807) is 0 Å². The molecule has 1 aromatic carbocycles. The van der Waals surface area contributed by atoms with Gasteiger partial charge >= 0.3 is 0 Å². The zero-order valence-electron chi connectivity index (χ0n) is 13.6. The molecule has 3 heteroatoms. The van der Waals surface area contributed by atoms with Crippen molar-refractivity contribution in [2.24, 2.45) is 0 Å². The van der Waals surface area contributed by atoms with Gasteiger partial charge in [0.05, 0.1) is 6.61 Å². The van der Waals surface area contributed by atoms with Crippen LogP contribution < -0.4 is 10.1 Å². The van der Waals surface area contributed by atoms with Gasteiger partial charge in [-0.2, -0.15) is 0 Å². The molecule has 0 bridgehead atoms. The quantitative estimate of drug-likeness (QED) is 0.791. The highest BCUT2D eigenvalue weighted by Crippen LogP contribution is 2.20. The third kappa shape index (κ3) is 5.33. The van der Waals surface area contributed by atoms with Crippen LogP contribution in [0.1, 0.15) is 51.1 Å². The minimum absolute atomic E-state index is 0.429. The Kier molecular flexibility index (Phi) is 7.04. The number of piperidine rings is 1. The average molecular weight is 290 g/mol. The molecule has 0 saturated carbocycles. The lowest BCUT2D eigenvalue weighted by Gasteiger charge is -2.31. The fraction of sp³-hybridized carbons (Fsp3) is 0.667. The second-order valence-electron chi connectivity index (χ2n) is 5.87. The van der Waals surface area contributed by atoms with E-state index in [9.17, 15) is 0 Å². The monoisotopic (exact) mass is 290 g/mol. The van der Waals surface area contributed by atoms with E-state index in [-0.39, 0.29) is 0 Å². The van der Waals surface area contributed by atoms with E-state index in [1.165, 1.54) is 44.3 Å². The third-order valence-corrected chi connectivity index (χ3v) is 4.12. The highest BCUT2D eigenvalue weighted by atomic mass is 16.5. The van der Waals surface area contributed by atoms with Crippen LogP contribution in [0.25, 0.3) is 0 Å². The molecule has 1 aliphatic rings. The van der Waals surface area contributed by atoms with Gasteiger partial charge in [0.25, 0.3) is 0 Å². The Bertz CT molecular complexity index is 385. The lowest BCUT2D eigenvalue weighted by molar-refractivity contribution is 0.205. The first kappa shape index (κ1) is 16.3. The summed E-state index contributed by atoms with van der Waals surface area (Å²) in [6.07, 6.45) is 5.27. The summed E-state index contributed by atoms with van der Waals surface area (Å²) >= 11 is 0. The van der Waals surface area contributed by atoms with Crippen molar-refractivity contribution in [3.63, 3.8) is 0 Å². The molecule has 0 aliphatic carbocycles. The standard InChI is InChI=1S/C18H30N2O/c1-3-12-19-18(15-20-13-6-5-7-14-20)16-8-10-17(11-9-16)21-4-2/h8-11,18-19H,3-7,12-15H2,1-2H3. The van der Waals surface area contributed by atoms with Crippen LogP contribution in [0, 0.1) is 0 Å². The molecule has 0 radical (unpaired) electrons. The van der Waals surface area contributed by atoms with E-state index in [0.29, 0.717) is 6.04 Å². The van der Waals surface area contributed by atoms with Gasteiger partial charge in [0.15, 0.2) is 0 Å². The molecular formula is C18H30N2O. The fourth-order valence-electron chi connectivity index (χ4n) is 2.97. The summed E-state index contributed by atoms with van der Waals surface area (Å²) in [5.74, 6) is 0.966. The van der Waals surface area contributed by atoms with Crippen molar-refractivity contribution in [3.05, 3.63) is 29.8 Å². The van der Waals surface area contributed by atoms with E-state index in [1.807, 2.05) is 6.92 Å². The minimum Gasteiger partial charge on any atom is -0.494 e. The number of likely N-dealkylation sites (tertiary alicyclic amines) is 1. The van der Waals surface area contributed by atoms with E-state index in [4.69, 9.17) is 4.74 Å². The lowest BCUT2D eigenvalue weighted by Crippen LogP contribution is -2.38. The average Bonchev–Trinajstić information content (AvgIpc) is 2.53. The molecule has 2 rings (SSSR count). The molecule has 1 fully saturated rings. The van der Waals surface area contributed by atoms with Gasteiger partial charge < -0.3 is 15.0 Å². The summed E-state index contributed by atoms with van der Waals surface area (Å²) in [7, 11) is 0. The Balaban J connectivity index is 1.99. The molecule has 0 amide bonds. The van der Waals surface area contributed by atoms with Gasteiger partial charge in [0.2, 0.25) is 0 Å². The first-order valence-electron chi connectivity index (χ1n) is 8.52. The number of nitrogens with one attached hydrogen (secondary N) is 1. The maximum Gasteiger partial charge on any atom is 0.119 e. The summed E-state index contributed by atoms with van der Waals surface area (Å²) in [6, 6.07) is 9.04. The normalized spacial score (nSPS) is 17.6. The smallest absolute Gasteiger partial charge is 0.119 e.